The quantitative estimate of drug-likeness (QED) is 0.907. The lowest BCUT2D eigenvalue weighted by Crippen LogP contribution is -2.13. The normalized spacial score (nSPS) is 11.0. The third kappa shape index (κ3) is 4.21. The fourth-order valence-corrected chi connectivity index (χ4v) is 2.93. The first-order valence-electron chi connectivity index (χ1n) is 6.03. The molecule has 0 heterocycles. The highest BCUT2D eigenvalue weighted by atomic mass is 35.5. The molecule has 0 saturated heterocycles. The molecule has 110 valence electrons. The predicted octanol–water partition coefficient (Wildman–Crippen LogP) is 3.10. The van der Waals surface area contributed by atoms with E-state index in [9.17, 15) is 13.2 Å². The molecule has 7 heteroatoms. The Kier molecular flexibility index (Phi) is 4.50. The van der Waals surface area contributed by atoms with Crippen molar-refractivity contribution in [2.75, 3.05) is 10.0 Å². The molecule has 0 radical (unpaired) electrons. The van der Waals surface area contributed by atoms with E-state index in [0.717, 1.165) is 0 Å². The molecule has 0 fully saturated rings. The van der Waals surface area contributed by atoms with Crippen LogP contribution in [0.15, 0.2) is 53.4 Å². The summed E-state index contributed by atoms with van der Waals surface area (Å²) in [6, 6.07) is 12.3. The van der Waals surface area contributed by atoms with Gasteiger partial charge >= 0.3 is 0 Å². The lowest BCUT2D eigenvalue weighted by Gasteiger charge is -2.09. The molecule has 0 saturated carbocycles. The zero-order valence-electron chi connectivity index (χ0n) is 11.1. The summed E-state index contributed by atoms with van der Waals surface area (Å²) < 4.78 is 26.8. The van der Waals surface area contributed by atoms with Gasteiger partial charge < -0.3 is 5.32 Å². The molecular weight excluding hydrogens is 312 g/mol. The van der Waals surface area contributed by atoms with Gasteiger partial charge in [0.25, 0.3) is 10.0 Å². The van der Waals surface area contributed by atoms with E-state index in [1.807, 2.05) is 0 Å². The van der Waals surface area contributed by atoms with Crippen molar-refractivity contribution in [2.45, 2.75) is 11.8 Å². The van der Waals surface area contributed by atoms with Crippen molar-refractivity contribution < 1.29 is 13.2 Å². The number of nitrogens with one attached hydrogen (secondary N) is 2. The van der Waals surface area contributed by atoms with Gasteiger partial charge in [0.1, 0.15) is 0 Å². The van der Waals surface area contributed by atoms with Crippen LogP contribution < -0.4 is 10.0 Å². The van der Waals surface area contributed by atoms with E-state index in [1.165, 1.54) is 37.3 Å². The number of benzene rings is 2. The van der Waals surface area contributed by atoms with Crippen LogP contribution in [-0.4, -0.2) is 14.3 Å². The lowest BCUT2D eigenvalue weighted by atomic mass is 10.3. The summed E-state index contributed by atoms with van der Waals surface area (Å²) in [5.41, 5.74) is 0.914. The Balaban J connectivity index is 2.21. The van der Waals surface area contributed by atoms with Crippen LogP contribution in [0, 0.1) is 0 Å². The highest BCUT2D eigenvalue weighted by Crippen LogP contribution is 2.20. The minimum atomic E-state index is -3.70. The van der Waals surface area contributed by atoms with E-state index in [0.29, 0.717) is 16.4 Å². The summed E-state index contributed by atoms with van der Waals surface area (Å²) in [6.45, 7) is 1.38. The van der Waals surface area contributed by atoms with Crippen molar-refractivity contribution in [3.8, 4) is 0 Å². The first kappa shape index (κ1) is 15.3. The molecule has 1 amide bonds. The second-order valence-electron chi connectivity index (χ2n) is 4.32. The molecule has 0 unspecified atom stereocenters. The molecule has 2 N–H and O–H groups in total. The predicted molar refractivity (Wildman–Crippen MR) is 83.0 cm³/mol. The van der Waals surface area contributed by atoms with Crippen LogP contribution in [0.25, 0.3) is 0 Å². The Morgan fingerprint density at radius 2 is 1.71 bits per heavy atom. The SMILES string of the molecule is CC(=O)Nc1ccc(S(=O)(=O)Nc2cccc(Cl)c2)cc1. The van der Waals surface area contributed by atoms with Crippen molar-refractivity contribution >= 4 is 38.9 Å². The van der Waals surface area contributed by atoms with Crippen LogP contribution in [-0.2, 0) is 14.8 Å². The van der Waals surface area contributed by atoms with Gasteiger partial charge in [-0.05, 0) is 42.5 Å². The number of rotatable bonds is 4. The average Bonchev–Trinajstić information content (AvgIpc) is 2.38. The second kappa shape index (κ2) is 6.15. The van der Waals surface area contributed by atoms with E-state index in [2.05, 4.69) is 10.0 Å². The maximum Gasteiger partial charge on any atom is 0.261 e. The van der Waals surface area contributed by atoms with Crippen LogP contribution in [0.5, 0.6) is 0 Å². The van der Waals surface area contributed by atoms with E-state index in [-0.39, 0.29) is 10.8 Å². The number of hydrogen-bond donors (Lipinski definition) is 2. The Bertz CT molecular complexity index is 758. The van der Waals surface area contributed by atoms with Gasteiger partial charge in [0, 0.05) is 17.6 Å². The molecule has 5 nitrogen and oxygen atoms in total. The number of sulfonamides is 1. The molecule has 21 heavy (non-hydrogen) atoms. The fraction of sp³-hybridized carbons (Fsp3) is 0.0714. The largest absolute Gasteiger partial charge is 0.326 e. The van der Waals surface area contributed by atoms with E-state index >= 15 is 0 Å². The van der Waals surface area contributed by atoms with E-state index in [4.69, 9.17) is 11.6 Å². The van der Waals surface area contributed by atoms with Gasteiger partial charge in [0.05, 0.1) is 10.6 Å². The Hall–Kier alpha value is -2.05. The van der Waals surface area contributed by atoms with Crippen LogP contribution in [0.2, 0.25) is 5.02 Å². The zero-order chi connectivity index (χ0) is 15.5. The molecule has 0 aliphatic heterocycles. The zero-order valence-corrected chi connectivity index (χ0v) is 12.7. The first-order chi connectivity index (χ1) is 9.87. The summed E-state index contributed by atoms with van der Waals surface area (Å²) in [5.74, 6) is -0.220. The summed E-state index contributed by atoms with van der Waals surface area (Å²) in [4.78, 5) is 11.0. The Morgan fingerprint density at radius 1 is 1.05 bits per heavy atom. The standard InChI is InChI=1S/C14H13ClN2O3S/c1-10(18)16-12-5-7-14(8-6-12)21(19,20)17-13-4-2-3-11(15)9-13/h2-9,17H,1H3,(H,16,18). The van der Waals surface area contributed by atoms with Crippen molar-refractivity contribution in [1.82, 2.24) is 0 Å². The molecule has 0 bridgehead atoms. The number of carbonyl (C=O) groups excluding carboxylic acids is 1. The lowest BCUT2D eigenvalue weighted by molar-refractivity contribution is -0.114. The maximum atomic E-state index is 12.2. The summed E-state index contributed by atoms with van der Waals surface area (Å²) in [5, 5.41) is 3.01. The molecule has 2 rings (SSSR count). The molecule has 0 spiro atoms. The highest BCUT2D eigenvalue weighted by Gasteiger charge is 2.14. The van der Waals surface area contributed by atoms with Crippen molar-refractivity contribution in [1.29, 1.82) is 0 Å². The van der Waals surface area contributed by atoms with Crippen molar-refractivity contribution in [3.05, 3.63) is 53.6 Å². The Labute approximate surface area is 128 Å². The summed E-state index contributed by atoms with van der Waals surface area (Å²) >= 11 is 5.81. The van der Waals surface area contributed by atoms with E-state index < -0.39 is 10.0 Å². The molecule has 2 aromatic carbocycles. The van der Waals surface area contributed by atoms with Crippen molar-refractivity contribution in [2.24, 2.45) is 0 Å². The summed E-state index contributed by atoms with van der Waals surface area (Å²) in [7, 11) is -3.70. The third-order valence-electron chi connectivity index (χ3n) is 2.56. The second-order valence-corrected chi connectivity index (χ2v) is 6.44. The van der Waals surface area contributed by atoms with Crippen LogP contribution in [0.4, 0.5) is 11.4 Å². The fourth-order valence-electron chi connectivity index (χ4n) is 1.69. The topological polar surface area (TPSA) is 75.3 Å². The summed E-state index contributed by atoms with van der Waals surface area (Å²) in [6.07, 6.45) is 0. The van der Waals surface area contributed by atoms with Gasteiger partial charge in [-0.2, -0.15) is 0 Å². The van der Waals surface area contributed by atoms with Crippen LogP contribution >= 0.6 is 11.6 Å². The van der Waals surface area contributed by atoms with E-state index in [1.54, 1.807) is 18.2 Å². The highest BCUT2D eigenvalue weighted by molar-refractivity contribution is 7.92. The Morgan fingerprint density at radius 3 is 2.29 bits per heavy atom. The number of halogens is 1. The number of anilines is 2. The monoisotopic (exact) mass is 324 g/mol. The number of amides is 1. The minimum absolute atomic E-state index is 0.0941. The van der Waals surface area contributed by atoms with Crippen molar-refractivity contribution in [3.63, 3.8) is 0 Å². The van der Waals surface area contributed by atoms with Gasteiger partial charge in [-0.1, -0.05) is 17.7 Å². The van der Waals surface area contributed by atoms with Gasteiger partial charge in [-0.15, -0.1) is 0 Å². The van der Waals surface area contributed by atoms with Gasteiger partial charge in [0.2, 0.25) is 5.91 Å². The van der Waals surface area contributed by atoms with Crippen LogP contribution in [0.1, 0.15) is 6.92 Å². The van der Waals surface area contributed by atoms with Gasteiger partial charge in [0.15, 0.2) is 0 Å². The molecule has 0 aliphatic rings. The van der Waals surface area contributed by atoms with Crippen LogP contribution in [0.3, 0.4) is 0 Å². The first-order valence-corrected chi connectivity index (χ1v) is 7.89. The third-order valence-corrected chi connectivity index (χ3v) is 4.19. The molecular formula is C14H13ClN2O3S. The molecule has 0 atom stereocenters. The van der Waals surface area contributed by atoms with Gasteiger partial charge in [-0.3, -0.25) is 9.52 Å². The number of carbonyl (C=O) groups is 1. The minimum Gasteiger partial charge on any atom is -0.326 e. The number of hydrogen-bond acceptors (Lipinski definition) is 3. The van der Waals surface area contributed by atoms with Gasteiger partial charge in [-0.25, -0.2) is 8.42 Å². The molecule has 2 aromatic rings. The smallest absolute Gasteiger partial charge is 0.261 e. The maximum absolute atomic E-state index is 12.2. The molecule has 0 aromatic heterocycles. The molecule has 0 aliphatic carbocycles. The average molecular weight is 325 g/mol.